The van der Waals surface area contributed by atoms with Crippen LogP contribution in [0, 0.1) is 10.1 Å². The minimum atomic E-state index is -0.892. The van der Waals surface area contributed by atoms with E-state index in [9.17, 15) is 19.7 Å². The number of nitro benzene ring substituents is 1. The van der Waals surface area contributed by atoms with Crippen LogP contribution in [0.1, 0.15) is 49.7 Å². The minimum Gasteiger partial charge on any atom is -0.460 e. The van der Waals surface area contributed by atoms with E-state index < -0.39 is 16.8 Å². The lowest BCUT2D eigenvalue weighted by molar-refractivity contribution is -0.385. The van der Waals surface area contributed by atoms with Gasteiger partial charge in [0.1, 0.15) is 6.61 Å². The summed E-state index contributed by atoms with van der Waals surface area (Å²) >= 11 is 0. The summed E-state index contributed by atoms with van der Waals surface area (Å²) in [5.41, 5.74) is 3.04. The van der Waals surface area contributed by atoms with Gasteiger partial charge in [-0.15, -0.1) is 0 Å². The van der Waals surface area contributed by atoms with Crippen molar-refractivity contribution >= 4 is 17.4 Å². The Kier molecular flexibility index (Phi) is 7.41. The minimum absolute atomic E-state index is 0.0196. The molecule has 8 nitrogen and oxygen atoms in total. The van der Waals surface area contributed by atoms with Crippen LogP contribution in [0.4, 0.5) is 5.69 Å². The van der Waals surface area contributed by atoms with Crippen LogP contribution in [0.2, 0.25) is 0 Å². The van der Waals surface area contributed by atoms with Crippen LogP contribution in [-0.2, 0) is 19.1 Å². The highest BCUT2D eigenvalue weighted by atomic mass is 16.6. The summed E-state index contributed by atoms with van der Waals surface area (Å²) in [7, 11) is 0. The molecule has 2 aromatic rings. The van der Waals surface area contributed by atoms with E-state index >= 15 is 0 Å². The zero-order chi connectivity index (χ0) is 24.9. The lowest BCUT2D eigenvalue weighted by Crippen LogP contribution is -2.36. The molecule has 35 heavy (non-hydrogen) atoms. The van der Waals surface area contributed by atoms with Crippen LogP contribution in [0.15, 0.2) is 77.1 Å². The molecule has 0 saturated carbocycles. The van der Waals surface area contributed by atoms with Gasteiger partial charge in [0.2, 0.25) is 0 Å². The molecular weight excluding hydrogens is 448 g/mol. The molecule has 2 atom stereocenters. The number of dihydropyridines is 1. The Bertz CT molecular complexity index is 1200. The number of nitro groups is 1. The second kappa shape index (κ2) is 10.7. The Morgan fingerprint density at radius 1 is 1.09 bits per heavy atom. The maximum Gasteiger partial charge on any atom is 0.336 e. The topological polar surface area (TPSA) is 108 Å². The number of para-hydroxylation sites is 1. The number of nitrogens with zero attached hydrogens (tertiary/aromatic N) is 1. The highest BCUT2D eigenvalue weighted by molar-refractivity contribution is 6.04. The predicted molar refractivity (Wildman–Crippen MR) is 130 cm³/mol. The predicted octanol–water partition coefficient (Wildman–Crippen LogP) is 4.54. The third-order valence-electron chi connectivity index (χ3n) is 6.43. The van der Waals surface area contributed by atoms with Crippen LogP contribution in [0.3, 0.4) is 0 Å². The zero-order valence-electron chi connectivity index (χ0n) is 19.8. The molecule has 8 heteroatoms. The van der Waals surface area contributed by atoms with E-state index in [0.717, 1.165) is 5.56 Å². The molecule has 2 aliphatic rings. The van der Waals surface area contributed by atoms with Gasteiger partial charge in [-0.25, -0.2) is 4.79 Å². The Morgan fingerprint density at radius 3 is 2.51 bits per heavy atom. The second-order valence-electron chi connectivity index (χ2n) is 8.58. The Hall–Kier alpha value is -3.78. The number of hydrogen-bond donors (Lipinski definition) is 1. The lowest BCUT2D eigenvalue weighted by atomic mass is 9.71. The summed E-state index contributed by atoms with van der Waals surface area (Å²) in [6.45, 7) is 4.36. The van der Waals surface area contributed by atoms with Gasteiger partial charge < -0.3 is 14.8 Å². The number of hydrogen-bond acceptors (Lipinski definition) is 7. The van der Waals surface area contributed by atoms with Crippen LogP contribution in [-0.4, -0.2) is 36.5 Å². The van der Waals surface area contributed by atoms with E-state index in [1.54, 1.807) is 25.1 Å². The lowest BCUT2D eigenvalue weighted by Gasteiger charge is -2.36. The number of ether oxygens (including phenoxy) is 2. The molecule has 1 heterocycles. The first-order valence-electron chi connectivity index (χ1n) is 11.7. The molecule has 0 spiro atoms. The molecule has 0 unspecified atom stereocenters. The number of carbonyl (C=O) groups excluding carboxylic acids is 2. The van der Waals surface area contributed by atoms with Gasteiger partial charge in [-0.1, -0.05) is 48.5 Å². The van der Waals surface area contributed by atoms with Crippen LogP contribution in [0.25, 0.3) is 0 Å². The fraction of sp³-hybridized carbons (Fsp3) is 0.333. The molecule has 182 valence electrons. The first-order valence-corrected chi connectivity index (χ1v) is 11.7. The highest BCUT2D eigenvalue weighted by Crippen LogP contribution is 2.47. The van der Waals surface area contributed by atoms with Crippen molar-refractivity contribution in [1.82, 2.24) is 5.32 Å². The van der Waals surface area contributed by atoms with Gasteiger partial charge in [0.05, 0.1) is 23.0 Å². The third-order valence-corrected chi connectivity index (χ3v) is 6.43. The van der Waals surface area contributed by atoms with Crippen LogP contribution < -0.4 is 5.32 Å². The molecule has 1 aliphatic carbocycles. The van der Waals surface area contributed by atoms with E-state index in [2.05, 4.69) is 5.32 Å². The van der Waals surface area contributed by atoms with Crippen molar-refractivity contribution < 1.29 is 24.0 Å². The van der Waals surface area contributed by atoms with Gasteiger partial charge in [0, 0.05) is 41.6 Å². The average Bonchev–Trinajstić information content (AvgIpc) is 2.86. The van der Waals surface area contributed by atoms with E-state index in [1.807, 2.05) is 37.3 Å². The fourth-order valence-corrected chi connectivity index (χ4v) is 4.89. The van der Waals surface area contributed by atoms with Gasteiger partial charge in [-0.3, -0.25) is 14.9 Å². The third kappa shape index (κ3) is 5.02. The van der Waals surface area contributed by atoms with Crippen LogP contribution >= 0.6 is 0 Å². The Labute approximate surface area is 203 Å². The Morgan fingerprint density at radius 2 is 1.80 bits per heavy atom. The molecular formula is C27H28N2O6. The monoisotopic (exact) mass is 476 g/mol. The standard InChI is InChI=1S/C27H28N2O6/c1-3-34-13-14-35-27(31)24-17(2)28-21-15-19(18-9-5-4-6-10-18)16-23(30)26(21)25(24)20-11-7-8-12-22(20)29(32)33/h4-12,19,25,28H,3,13-16H2,1-2H3/t19-,25-/m0/s1. The van der Waals surface area contributed by atoms with E-state index in [-0.39, 0.29) is 42.6 Å². The van der Waals surface area contributed by atoms with Crippen molar-refractivity contribution in [3.05, 3.63) is 98.4 Å². The van der Waals surface area contributed by atoms with Gasteiger partial charge >= 0.3 is 5.97 Å². The maximum absolute atomic E-state index is 13.6. The van der Waals surface area contributed by atoms with Gasteiger partial charge in [-0.2, -0.15) is 0 Å². The van der Waals surface area contributed by atoms with E-state index in [0.29, 0.717) is 35.6 Å². The SMILES string of the molecule is CCOCCOC(=O)C1=C(C)NC2=C(C(=O)C[C@@H](c3ccccc3)C2)[C@H]1c1ccccc1[N+](=O)[O-]. The zero-order valence-corrected chi connectivity index (χ0v) is 19.8. The molecule has 0 amide bonds. The largest absolute Gasteiger partial charge is 0.460 e. The summed E-state index contributed by atoms with van der Waals surface area (Å²) in [5, 5.41) is 15.2. The molecule has 0 bridgehead atoms. The molecule has 1 aliphatic heterocycles. The number of nitrogens with one attached hydrogen (secondary N) is 1. The van der Waals surface area contributed by atoms with Gasteiger partial charge in [-0.05, 0) is 31.7 Å². The summed E-state index contributed by atoms with van der Waals surface area (Å²) in [6, 6.07) is 16.1. The van der Waals surface area contributed by atoms with Crippen molar-refractivity contribution in [3.8, 4) is 0 Å². The van der Waals surface area contributed by atoms with Crippen molar-refractivity contribution in [2.75, 3.05) is 19.8 Å². The molecule has 0 saturated heterocycles. The van der Waals surface area contributed by atoms with Crippen molar-refractivity contribution in [3.63, 3.8) is 0 Å². The average molecular weight is 477 g/mol. The van der Waals surface area contributed by atoms with Crippen molar-refractivity contribution in [2.45, 2.75) is 38.5 Å². The fourth-order valence-electron chi connectivity index (χ4n) is 4.89. The summed E-state index contributed by atoms with van der Waals surface area (Å²) in [4.78, 5) is 38.2. The van der Waals surface area contributed by atoms with E-state index in [4.69, 9.17) is 9.47 Å². The Balaban J connectivity index is 1.78. The van der Waals surface area contributed by atoms with Crippen molar-refractivity contribution in [1.29, 1.82) is 0 Å². The van der Waals surface area contributed by atoms with Gasteiger partial charge in [0.25, 0.3) is 5.69 Å². The molecule has 4 rings (SSSR count). The van der Waals surface area contributed by atoms with E-state index in [1.165, 1.54) is 6.07 Å². The number of rotatable bonds is 8. The summed E-state index contributed by atoms with van der Waals surface area (Å²) in [6.07, 6.45) is 0.819. The number of allylic oxidation sites excluding steroid dienone is 3. The number of ketones is 1. The number of esters is 1. The number of Topliss-reactive ketones (excluding diaryl/α,β-unsaturated/α-hetero) is 1. The van der Waals surface area contributed by atoms with Gasteiger partial charge in [0.15, 0.2) is 5.78 Å². The molecule has 2 aromatic carbocycles. The smallest absolute Gasteiger partial charge is 0.336 e. The highest BCUT2D eigenvalue weighted by Gasteiger charge is 2.43. The first-order chi connectivity index (χ1) is 16.9. The maximum atomic E-state index is 13.6. The molecule has 0 radical (unpaired) electrons. The molecule has 1 N–H and O–H groups in total. The normalized spacial score (nSPS) is 19.8. The summed E-state index contributed by atoms with van der Waals surface area (Å²) < 4.78 is 10.7. The second-order valence-corrected chi connectivity index (χ2v) is 8.58. The molecule has 0 fully saturated rings. The quantitative estimate of drug-likeness (QED) is 0.258. The first kappa shape index (κ1) is 24.3. The summed E-state index contributed by atoms with van der Waals surface area (Å²) in [5.74, 6) is -1.67. The number of benzene rings is 2. The molecule has 0 aromatic heterocycles. The number of carbonyl (C=O) groups is 2. The van der Waals surface area contributed by atoms with Crippen molar-refractivity contribution in [2.24, 2.45) is 0 Å². The van der Waals surface area contributed by atoms with Crippen LogP contribution in [0.5, 0.6) is 0 Å².